The van der Waals surface area contributed by atoms with Gasteiger partial charge in [0, 0.05) is 38.0 Å². The van der Waals surface area contributed by atoms with Gasteiger partial charge < -0.3 is 9.80 Å². The van der Waals surface area contributed by atoms with E-state index in [1.807, 2.05) is 0 Å². The molecule has 0 radical (unpaired) electrons. The van der Waals surface area contributed by atoms with Crippen LogP contribution >= 0.6 is 0 Å². The van der Waals surface area contributed by atoms with E-state index in [1.165, 1.54) is 38.9 Å². The number of nitrogens with zero attached hydrogens (tertiary/aromatic N) is 2. The van der Waals surface area contributed by atoms with Crippen molar-refractivity contribution in [2.24, 2.45) is 16.2 Å². The fourth-order valence-electron chi connectivity index (χ4n) is 3.80. The van der Waals surface area contributed by atoms with Crippen LogP contribution in [-0.4, -0.2) is 48.4 Å². The van der Waals surface area contributed by atoms with Gasteiger partial charge in [0.25, 0.3) is 0 Å². The number of carbonyl (C=O) groups excluding carboxylic acids is 1. The predicted molar refractivity (Wildman–Crippen MR) is 92.8 cm³/mol. The molecule has 2 saturated heterocycles. The summed E-state index contributed by atoms with van der Waals surface area (Å²) in [6.07, 6.45) is 4.42. The van der Waals surface area contributed by atoms with Gasteiger partial charge in [-0.25, -0.2) is 0 Å². The molecule has 2 aliphatic rings. The highest BCUT2D eigenvalue weighted by Gasteiger charge is 2.46. The van der Waals surface area contributed by atoms with Gasteiger partial charge in [0.05, 0.1) is 0 Å². The number of hydrogen-bond donors (Lipinski definition) is 0. The first kappa shape index (κ1) is 17.8. The molecule has 0 aromatic carbocycles. The van der Waals surface area contributed by atoms with Gasteiger partial charge in [-0.05, 0) is 36.6 Å². The first-order valence-electron chi connectivity index (χ1n) is 8.98. The second kappa shape index (κ2) is 6.14. The summed E-state index contributed by atoms with van der Waals surface area (Å²) < 4.78 is 0. The van der Waals surface area contributed by atoms with Crippen LogP contribution in [0.2, 0.25) is 0 Å². The van der Waals surface area contributed by atoms with Crippen molar-refractivity contribution in [3.05, 3.63) is 0 Å². The Bertz CT molecular complexity index is 397. The van der Waals surface area contributed by atoms with E-state index < -0.39 is 0 Å². The zero-order chi connectivity index (χ0) is 16.6. The molecule has 0 aromatic rings. The Labute approximate surface area is 137 Å². The Balaban J connectivity index is 1.81. The van der Waals surface area contributed by atoms with Crippen molar-refractivity contribution >= 4 is 5.91 Å². The summed E-state index contributed by atoms with van der Waals surface area (Å²) in [5.74, 6) is 0.361. The van der Waals surface area contributed by atoms with Crippen molar-refractivity contribution in [1.82, 2.24) is 9.80 Å². The highest BCUT2D eigenvalue weighted by molar-refractivity contribution is 5.77. The van der Waals surface area contributed by atoms with Gasteiger partial charge in [-0.2, -0.15) is 0 Å². The van der Waals surface area contributed by atoms with E-state index in [0.29, 0.717) is 23.2 Å². The zero-order valence-corrected chi connectivity index (χ0v) is 15.7. The summed E-state index contributed by atoms with van der Waals surface area (Å²) in [4.78, 5) is 17.2. The van der Waals surface area contributed by atoms with Crippen molar-refractivity contribution < 1.29 is 4.79 Å². The van der Waals surface area contributed by atoms with Crippen LogP contribution in [0.5, 0.6) is 0 Å². The molecule has 2 rings (SSSR count). The molecule has 0 aliphatic carbocycles. The molecule has 1 amide bonds. The average molecular weight is 309 g/mol. The maximum atomic E-state index is 12.5. The molecule has 0 bridgehead atoms. The van der Waals surface area contributed by atoms with E-state index in [2.05, 4.69) is 51.3 Å². The van der Waals surface area contributed by atoms with Gasteiger partial charge in [0.2, 0.25) is 5.91 Å². The van der Waals surface area contributed by atoms with Gasteiger partial charge in [0.15, 0.2) is 0 Å². The average Bonchev–Trinajstić information content (AvgIpc) is 2.31. The minimum absolute atomic E-state index is 0.0973. The molecule has 0 atom stereocenters. The van der Waals surface area contributed by atoms with Gasteiger partial charge in [-0.3, -0.25) is 4.79 Å². The first-order chi connectivity index (χ1) is 9.98. The lowest BCUT2D eigenvalue weighted by Gasteiger charge is -2.55. The van der Waals surface area contributed by atoms with Crippen LogP contribution in [0.4, 0.5) is 0 Å². The van der Waals surface area contributed by atoms with E-state index in [-0.39, 0.29) is 5.41 Å². The lowest BCUT2D eigenvalue weighted by Crippen LogP contribution is -2.63. The molecule has 0 unspecified atom stereocenters. The smallest absolute Gasteiger partial charge is 0.223 e. The summed E-state index contributed by atoms with van der Waals surface area (Å²) >= 11 is 0. The molecular weight excluding hydrogens is 272 g/mol. The van der Waals surface area contributed by atoms with E-state index in [0.717, 1.165) is 13.1 Å². The van der Waals surface area contributed by atoms with Crippen LogP contribution in [0.3, 0.4) is 0 Å². The lowest BCUT2D eigenvalue weighted by atomic mass is 9.72. The molecular formula is C19H36N2O. The Morgan fingerprint density at radius 2 is 1.64 bits per heavy atom. The summed E-state index contributed by atoms with van der Waals surface area (Å²) in [5, 5.41) is 0. The van der Waals surface area contributed by atoms with Crippen molar-refractivity contribution in [3.8, 4) is 0 Å². The van der Waals surface area contributed by atoms with Crippen LogP contribution in [0.1, 0.15) is 67.2 Å². The SMILES string of the molecule is CC(C)(C)CCN1CC2(CCCN(C(=O)CC(C)(C)C)C2)C1. The predicted octanol–water partition coefficient (Wildman–Crippen LogP) is 3.78. The van der Waals surface area contributed by atoms with E-state index in [4.69, 9.17) is 0 Å². The molecule has 2 aliphatic heterocycles. The molecule has 22 heavy (non-hydrogen) atoms. The number of amides is 1. The highest BCUT2D eigenvalue weighted by atomic mass is 16.2. The monoisotopic (exact) mass is 308 g/mol. The molecule has 3 heteroatoms. The van der Waals surface area contributed by atoms with E-state index in [1.54, 1.807) is 0 Å². The van der Waals surface area contributed by atoms with Crippen LogP contribution in [-0.2, 0) is 4.79 Å². The molecule has 128 valence electrons. The van der Waals surface area contributed by atoms with Crippen molar-refractivity contribution in [1.29, 1.82) is 0 Å². The fraction of sp³-hybridized carbons (Fsp3) is 0.947. The minimum Gasteiger partial charge on any atom is -0.342 e. The Hall–Kier alpha value is -0.570. The maximum absolute atomic E-state index is 12.5. The van der Waals surface area contributed by atoms with Gasteiger partial charge >= 0.3 is 0 Å². The molecule has 0 N–H and O–H groups in total. The minimum atomic E-state index is 0.0973. The van der Waals surface area contributed by atoms with Gasteiger partial charge in [-0.1, -0.05) is 41.5 Å². The standard InChI is InChI=1S/C19H36N2O/c1-17(2,3)9-11-20-13-19(14-20)8-7-10-21(15-19)16(22)12-18(4,5)6/h7-15H2,1-6H3. The third-order valence-corrected chi connectivity index (χ3v) is 4.99. The Kier molecular flexibility index (Phi) is 4.97. The third-order valence-electron chi connectivity index (χ3n) is 4.99. The fourth-order valence-corrected chi connectivity index (χ4v) is 3.80. The molecule has 2 fully saturated rings. The second-order valence-electron chi connectivity index (χ2n) is 10.2. The second-order valence-corrected chi connectivity index (χ2v) is 10.2. The van der Waals surface area contributed by atoms with Gasteiger partial charge in [-0.15, -0.1) is 0 Å². The van der Waals surface area contributed by atoms with E-state index >= 15 is 0 Å². The molecule has 3 nitrogen and oxygen atoms in total. The lowest BCUT2D eigenvalue weighted by molar-refractivity contribution is -0.141. The van der Waals surface area contributed by atoms with Gasteiger partial charge in [0.1, 0.15) is 0 Å². The van der Waals surface area contributed by atoms with Crippen LogP contribution < -0.4 is 0 Å². The molecule has 1 spiro atoms. The van der Waals surface area contributed by atoms with Crippen molar-refractivity contribution in [2.45, 2.75) is 67.2 Å². The van der Waals surface area contributed by atoms with Crippen molar-refractivity contribution in [3.63, 3.8) is 0 Å². The number of likely N-dealkylation sites (tertiary alicyclic amines) is 2. The maximum Gasteiger partial charge on any atom is 0.223 e. The molecule has 0 aromatic heterocycles. The first-order valence-corrected chi connectivity index (χ1v) is 8.98. The molecule has 2 heterocycles. The largest absolute Gasteiger partial charge is 0.342 e. The summed E-state index contributed by atoms with van der Waals surface area (Å²) in [5.41, 5.74) is 0.924. The number of piperidine rings is 1. The van der Waals surface area contributed by atoms with Crippen molar-refractivity contribution in [2.75, 3.05) is 32.7 Å². The normalized spacial score (nSPS) is 22.7. The topological polar surface area (TPSA) is 23.6 Å². The number of hydrogen-bond acceptors (Lipinski definition) is 2. The van der Waals surface area contributed by atoms with Crippen LogP contribution in [0.15, 0.2) is 0 Å². The van der Waals surface area contributed by atoms with Crippen LogP contribution in [0.25, 0.3) is 0 Å². The molecule has 0 saturated carbocycles. The Morgan fingerprint density at radius 1 is 1.00 bits per heavy atom. The van der Waals surface area contributed by atoms with E-state index in [9.17, 15) is 4.79 Å². The summed E-state index contributed by atoms with van der Waals surface area (Å²) in [6.45, 7) is 19.0. The number of carbonyl (C=O) groups is 1. The van der Waals surface area contributed by atoms with Crippen LogP contribution in [0, 0.1) is 16.2 Å². The highest BCUT2D eigenvalue weighted by Crippen LogP contribution is 2.40. The number of rotatable bonds is 3. The summed E-state index contributed by atoms with van der Waals surface area (Å²) in [6, 6.07) is 0. The summed E-state index contributed by atoms with van der Waals surface area (Å²) in [7, 11) is 0. The Morgan fingerprint density at radius 3 is 2.18 bits per heavy atom. The quantitative estimate of drug-likeness (QED) is 0.792. The zero-order valence-electron chi connectivity index (χ0n) is 15.7. The third kappa shape index (κ3) is 4.97.